The fraction of sp³-hybridized carbons (Fsp3) is 0.333. The summed E-state index contributed by atoms with van der Waals surface area (Å²) in [6, 6.07) is 9.60. The Labute approximate surface area is 111 Å². The van der Waals surface area contributed by atoms with Gasteiger partial charge in [0.1, 0.15) is 5.60 Å². The van der Waals surface area contributed by atoms with Crippen LogP contribution in [-0.2, 0) is 4.79 Å². The van der Waals surface area contributed by atoms with Gasteiger partial charge in [-0.25, -0.2) is 0 Å². The van der Waals surface area contributed by atoms with Gasteiger partial charge in [-0.05, 0) is 37.8 Å². The van der Waals surface area contributed by atoms with E-state index < -0.39 is 5.60 Å². The van der Waals surface area contributed by atoms with Crippen molar-refractivity contribution in [1.29, 1.82) is 0 Å². The molecule has 1 aromatic heterocycles. The van der Waals surface area contributed by atoms with Gasteiger partial charge in [0.25, 0.3) is 5.91 Å². The van der Waals surface area contributed by atoms with E-state index in [0.29, 0.717) is 18.5 Å². The van der Waals surface area contributed by atoms with E-state index in [4.69, 9.17) is 0 Å². The molecule has 0 aliphatic heterocycles. The Morgan fingerprint density at radius 1 is 1.26 bits per heavy atom. The van der Waals surface area contributed by atoms with E-state index in [-0.39, 0.29) is 5.91 Å². The zero-order valence-corrected chi connectivity index (χ0v) is 10.6. The van der Waals surface area contributed by atoms with Gasteiger partial charge in [-0.1, -0.05) is 18.2 Å². The number of pyridine rings is 1. The number of aromatic nitrogens is 1. The molecular formula is C15H16N2O2. The molecule has 0 atom stereocenters. The normalized spacial score (nSPS) is 17.5. The van der Waals surface area contributed by atoms with Gasteiger partial charge in [0, 0.05) is 5.39 Å². The molecule has 1 heterocycles. The van der Waals surface area contributed by atoms with Crippen LogP contribution in [0.1, 0.15) is 25.7 Å². The van der Waals surface area contributed by atoms with Crippen LogP contribution < -0.4 is 5.32 Å². The van der Waals surface area contributed by atoms with Crippen LogP contribution in [0.3, 0.4) is 0 Å². The van der Waals surface area contributed by atoms with Crippen LogP contribution in [-0.4, -0.2) is 21.6 Å². The maximum atomic E-state index is 12.1. The van der Waals surface area contributed by atoms with Gasteiger partial charge in [0.2, 0.25) is 0 Å². The molecular weight excluding hydrogens is 240 g/mol. The quantitative estimate of drug-likeness (QED) is 0.867. The number of carbonyl (C=O) groups is 1. The van der Waals surface area contributed by atoms with Gasteiger partial charge in [0.15, 0.2) is 0 Å². The Hall–Kier alpha value is -1.94. The Kier molecular flexibility index (Phi) is 2.95. The standard InChI is InChI=1S/C15H16N2O2/c18-14(15(19)7-3-4-8-15)17-12-9-11-5-1-2-6-13(11)16-10-12/h1-2,5-6,9-10,19H,3-4,7-8H2,(H,17,18). The van der Waals surface area contributed by atoms with Gasteiger partial charge >= 0.3 is 0 Å². The van der Waals surface area contributed by atoms with Crippen LogP contribution >= 0.6 is 0 Å². The predicted octanol–water partition coefficient (Wildman–Crippen LogP) is 2.48. The molecule has 0 radical (unpaired) electrons. The molecule has 0 saturated heterocycles. The molecule has 98 valence electrons. The van der Waals surface area contributed by atoms with Crippen molar-refractivity contribution in [3.63, 3.8) is 0 Å². The lowest BCUT2D eigenvalue weighted by molar-refractivity contribution is -0.133. The molecule has 4 nitrogen and oxygen atoms in total. The monoisotopic (exact) mass is 256 g/mol. The molecule has 1 amide bonds. The second kappa shape index (κ2) is 4.63. The third-order valence-corrected chi connectivity index (χ3v) is 3.70. The summed E-state index contributed by atoms with van der Waals surface area (Å²) in [5.41, 5.74) is 0.315. The van der Waals surface area contributed by atoms with E-state index in [2.05, 4.69) is 10.3 Å². The van der Waals surface area contributed by atoms with Crippen molar-refractivity contribution in [2.24, 2.45) is 0 Å². The first-order chi connectivity index (χ1) is 9.17. The SMILES string of the molecule is O=C(Nc1cnc2ccccc2c1)C1(O)CCCC1. The van der Waals surface area contributed by atoms with E-state index in [9.17, 15) is 9.90 Å². The highest BCUT2D eigenvalue weighted by atomic mass is 16.3. The number of benzene rings is 1. The van der Waals surface area contributed by atoms with E-state index >= 15 is 0 Å². The number of nitrogens with one attached hydrogen (secondary N) is 1. The number of nitrogens with zero attached hydrogens (tertiary/aromatic N) is 1. The lowest BCUT2D eigenvalue weighted by atomic mass is 10.0. The molecule has 1 aromatic carbocycles. The van der Waals surface area contributed by atoms with Crippen molar-refractivity contribution in [2.45, 2.75) is 31.3 Å². The molecule has 3 rings (SSSR count). The Bertz CT molecular complexity index is 618. The van der Waals surface area contributed by atoms with Gasteiger partial charge in [-0.15, -0.1) is 0 Å². The van der Waals surface area contributed by atoms with E-state index in [1.807, 2.05) is 30.3 Å². The van der Waals surface area contributed by atoms with Crippen molar-refractivity contribution in [2.75, 3.05) is 5.32 Å². The first-order valence-electron chi connectivity index (χ1n) is 6.56. The van der Waals surface area contributed by atoms with E-state index in [1.165, 1.54) is 0 Å². The topological polar surface area (TPSA) is 62.2 Å². The average Bonchev–Trinajstić information content (AvgIpc) is 2.87. The summed E-state index contributed by atoms with van der Waals surface area (Å²) >= 11 is 0. The summed E-state index contributed by atoms with van der Waals surface area (Å²) in [6.45, 7) is 0. The fourth-order valence-electron chi connectivity index (χ4n) is 2.57. The molecule has 0 unspecified atom stereocenters. The minimum atomic E-state index is -1.20. The molecule has 2 aromatic rings. The molecule has 1 aliphatic carbocycles. The number of anilines is 1. The van der Waals surface area contributed by atoms with Crippen LogP contribution in [0.15, 0.2) is 36.5 Å². The highest BCUT2D eigenvalue weighted by Crippen LogP contribution is 2.30. The lowest BCUT2D eigenvalue weighted by Crippen LogP contribution is -2.40. The van der Waals surface area contributed by atoms with Gasteiger partial charge in [-0.2, -0.15) is 0 Å². The second-order valence-corrected chi connectivity index (χ2v) is 5.11. The fourth-order valence-corrected chi connectivity index (χ4v) is 2.57. The summed E-state index contributed by atoms with van der Waals surface area (Å²) in [7, 11) is 0. The maximum Gasteiger partial charge on any atom is 0.256 e. The largest absolute Gasteiger partial charge is 0.380 e. The third-order valence-electron chi connectivity index (χ3n) is 3.70. The van der Waals surface area contributed by atoms with E-state index in [0.717, 1.165) is 23.7 Å². The van der Waals surface area contributed by atoms with Gasteiger partial charge in [-0.3, -0.25) is 9.78 Å². The minimum Gasteiger partial charge on any atom is -0.380 e. The van der Waals surface area contributed by atoms with Crippen LogP contribution in [0.2, 0.25) is 0 Å². The van der Waals surface area contributed by atoms with Crippen molar-refractivity contribution >= 4 is 22.5 Å². The van der Waals surface area contributed by atoms with Crippen LogP contribution in [0.25, 0.3) is 10.9 Å². The molecule has 1 saturated carbocycles. The van der Waals surface area contributed by atoms with Gasteiger partial charge in [0.05, 0.1) is 17.4 Å². The molecule has 0 spiro atoms. The number of fused-ring (bicyclic) bond motifs is 1. The van der Waals surface area contributed by atoms with E-state index in [1.54, 1.807) is 6.20 Å². The van der Waals surface area contributed by atoms with Crippen molar-refractivity contribution in [3.8, 4) is 0 Å². The van der Waals surface area contributed by atoms with Gasteiger partial charge < -0.3 is 10.4 Å². The smallest absolute Gasteiger partial charge is 0.256 e. The van der Waals surface area contributed by atoms with Crippen molar-refractivity contribution in [1.82, 2.24) is 4.98 Å². The van der Waals surface area contributed by atoms with Crippen LogP contribution in [0.4, 0.5) is 5.69 Å². The number of hydrogen-bond acceptors (Lipinski definition) is 3. The second-order valence-electron chi connectivity index (χ2n) is 5.11. The number of hydrogen-bond donors (Lipinski definition) is 2. The molecule has 19 heavy (non-hydrogen) atoms. The summed E-state index contributed by atoms with van der Waals surface area (Å²) in [4.78, 5) is 16.4. The zero-order chi connectivity index (χ0) is 13.3. The predicted molar refractivity (Wildman–Crippen MR) is 73.8 cm³/mol. The summed E-state index contributed by atoms with van der Waals surface area (Å²) < 4.78 is 0. The number of carbonyl (C=O) groups excluding carboxylic acids is 1. The molecule has 1 fully saturated rings. The number of amides is 1. The first-order valence-corrected chi connectivity index (χ1v) is 6.56. The molecule has 2 N–H and O–H groups in total. The maximum absolute atomic E-state index is 12.1. The Morgan fingerprint density at radius 3 is 2.79 bits per heavy atom. The third kappa shape index (κ3) is 2.31. The molecule has 0 bridgehead atoms. The van der Waals surface area contributed by atoms with Crippen LogP contribution in [0, 0.1) is 0 Å². The summed E-state index contributed by atoms with van der Waals surface area (Å²) in [5, 5.41) is 13.9. The molecule has 4 heteroatoms. The summed E-state index contributed by atoms with van der Waals surface area (Å²) in [5.74, 6) is -0.318. The minimum absolute atomic E-state index is 0.318. The zero-order valence-electron chi connectivity index (χ0n) is 10.6. The highest BCUT2D eigenvalue weighted by Gasteiger charge is 2.38. The first kappa shape index (κ1) is 12.1. The molecule has 1 aliphatic rings. The van der Waals surface area contributed by atoms with Crippen LogP contribution in [0.5, 0.6) is 0 Å². The Morgan fingerprint density at radius 2 is 2.00 bits per heavy atom. The average molecular weight is 256 g/mol. The van der Waals surface area contributed by atoms with Crippen molar-refractivity contribution in [3.05, 3.63) is 36.5 Å². The summed E-state index contributed by atoms with van der Waals surface area (Å²) in [6.07, 6.45) is 4.51. The van der Waals surface area contributed by atoms with Crippen molar-refractivity contribution < 1.29 is 9.90 Å². The number of rotatable bonds is 2. The number of para-hydroxylation sites is 1. The Balaban J connectivity index is 1.83. The lowest BCUT2D eigenvalue weighted by Gasteiger charge is -2.20. The highest BCUT2D eigenvalue weighted by molar-refractivity contribution is 5.98. The number of aliphatic hydroxyl groups is 1.